The van der Waals surface area contributed by atoms with Crippen LogP contribution < -0.4 is 15.4 Å². The van der Waals surface area contributed by atoms with Gasteiger partial charge in [0.25, 0.3) is 0 Å². The summed E-state index contributed by atoms with van der Waals surface area (Å²) >= 11 is 0. The summed E-state index contributed by atoms with van der Waals surface area (Å²) in [5.41, 5.74) is 7.10. The predicted octanol–water partition coefficient (Wildman–Crippen LogP) is 2.81. The number of piperidine rings is 1. The largest absolute Gasteiger partial charge is 0.489 e. The number of nitrogens with two attached hydrogens (primary N) is 1. The Balaban J connectivity index is 1.93. The van der Waals surface area contributed by atoms with E-state index in [9.17, 15) is 0 Å². The van der Waals surface area contributed by atoms with Gasteiger partial charge in [0.2, 0.25) is 0 Å². The van der Waals surface area contributed by atoms with Crippen LogP contribution in [0, 0.1) is 0 Å². The van der Waals surface area contributed by atoms with Gasteiger partial charge in [-0.3, -0.25) is 0 Å². The standard InChI is InChI=1S/C17H28N2O2/c1-17(2,3)21-12-11-20-16-9-5-4-8-15(16)19-10-6-7-14(18)13-19/h4-5,8-9,14H,6-7,10-13,18H2,1-3H3. The van der Waals surface area contributed by atoms with Crippen LogP contribution in [0.25, 0.3) is 0 Å². The van der Waals surface area contributed by atoms with E-state index in [4.69, 9.17) is 15.2 Å². The van der Waals surface area contributed by atoms with Gasteiger partial charge in [-0.15, -0.1) is 0 Å². The minimum atomic E-state index is -0.123. The zero-order valence-electron chi connectivity index (χ0n) is 13.5. The maximum absolute atomic E-state index is 6.08. The molecule has 1 heterocycles. The molecule has 0 bridgehead atoms. The van der Waals surface area contributed by atoms with Crippen molar-refractivity contribution in [2.45, 2.75) is 45.3 Å². The van der Waals surface area contributed by atoms with Crippen LogP contribution in [0.1, 0.15) is 33.6 Å². The Morgan fingerprint density at radius 2 is 2.00 bits per heavy atom. The minimum Gasteiger partial charge on any atom is -0.489 e. The highest BCUT2D eigenvalue weighted by molar-refractivity contribution is 5.58. The van der Waals surface area contributed by atoms with Crippen LogP contribution in [0.2, 0.25) is 0 Å². The van der Waals surface area contributed by atoms with E-state index < -0.39 is 0 Å². The lowest BCUT2D eigenvalue weighted by Gasteiger charge is -2.33. The van der Waals surface area contributed by atoms with Crippen molar-refractivity contribution in [3.63, 3.8) is 0 Å². The Labute approximate surface area is 128 Å². The number of hydrogen-bond donors (Lipinski definition) is 1. The average Bonchev–Trinajstić information content (AvgIpc) is 2.43. The van der Waals surface area contributed by atoms with Gasteiger partial charge in [-0.25, -0.2) is 0 Å². The molecule has 0 amide bonds. The zero-order valence-corrected chi connectivity index (χ0v) is 13.5. The molecule has 21 heavy (non-hydrogen) atoms. The number of ether oxygens (including phenoxy) is 2. The highest BCUT2D eigenvalue weighted by atomic mass is 16.5. The fraction of sp³-hybridized carbons (Fsp3) is 0.647. The van der Waals surface area contributed by atoms with Gasteiger partial charge >= 0.3 is 0 Å². The first-order valence-electron chi connectivity index (χ1n) is 7.82. The highest BCUT2D eigenvalue weighted by Crippen LogP contribution is 2.30. The number of hydrogen-bond acceptors (Lipinski definition) is 4. The SMILES string of the molecule is CC(C)(C)OCCOc1ccccc1N1CCCC(N)C1. The predicted molar refractivity (Wildman–Crippen MR) is 87.1 cm³/mol. The van der Waals surface area contributed by atoms with E-state index in [2.05, 4.69) is 31.7 Å². The molecule has 1 saturated heterocycles. The average molecular weight is 292 g/mol. The Morgan fingerprint density at radius 1 is 1.24 bits per heavy atom. The van der Waals surface area contributed by atoms with Crippen molar-refractivity contribution in [2.24, 2.45) is 5.73 Å². The van der Waals surface area contributed by atoms with Crippen molar-refractivity contribution in [3.8, 4) is 5.75 Å². The smallest absolute Gasteiger partial charge is 0.142 e. The summed E-state index contributed by atoms with van der Waals surface area (Å²) in [6.45, 7) is 9.26. The molecule has 4 nitrogen and oxygen atoms in total. The second-order valence-corrected chi connectivity index (χ2v) is 6.63. The third-order valence-electron chi connectivity index (χ3n) is 3.54. The Morgan fingerprint density at radius 3 is 2.71 bits per heavy atom. The molecule has 4 heteroatoms. The summed E-state index contributed by atoms with van der Waals surface area (Å²) in [6.07, 6.45) is 2.25. The van der Waals surface area contributed by atoms with E-state index in [0.29, 0.717) is 13.2 Å². The summed E-state index contributed by atoms with van der Waals surface area (Å²) in [4.78, 5) is 2.33. The van der Waals surface area contributed by atoms with E-state index in [-0.39, 0.29) is 11.6 Å². The fourth-order valence-electron chi connectivity index (χ4n) is 2.57. The fourth-order valence-corrected chi connectivity index (χ4v) is 2.57. The first-order valence-corrected chi connectivity index (χ1v) is 7.82. The number of nitrogens with zero attached hydrogens (tertiary/aromatic N) is 1. The van der Waals surface area contributed by atoms with E-state index in [1.807, 2.05) is 18.2 Å². The van der Waals surface area contributed by atoms with Crippen LogP contribution in [0.15, 0.2) is 24.3 Å². The first-order chi connectivity index (χ1) is 9.96. The maximum Gasteiger partial charge on any atom is 0.142 e. The van der Waals surface area contributed by atoms with Crippen LogP contribution in [0.3, 0.4) is 0 Å². The van der Waals surface area contributed by atoms with Gasteiger partial charge in [-0.1, -0.05) is 12.1 Å². The summed E-state index contributed by atoms with van der Waals surface area (Å²) in [5.74, 6) is 0.920. The molecule has 0 radical (unpaired) electrons. The number of para-hydroxylation sites is 2. The number of anilines is 1. The van der Waals surface area contributed by atoms with Gasteiger partial charge in [-0.2, -0.15) is 0 Å². The van der Waals surface area contributed by atoms with Crippen LogP contribution >= 0.6 is 0 Å². The van der Waals surface area contributed by atoms with Crippen molar-refractivity contribution in [1.29, 1.82) is 0 Å². The zero-order chi connectivity index (χ0) is 15.3. The summed E-state index contributed by atoms with van der Waals surface area (Å²) < 4.78 is 11.6. The Bertz CT molecular complexity index is 443. The molecular weight excluding hydrogens is 264 g/mol. The van der Waals surface area contributed by atoms with Crippen LogP contribution in [-0.4, -0.2) is 37.9 Å². The molecule has 0 aliphatic carbocycles. The molecule has 2 rings (SSSR count). The maximum atomic E-state index is 6.08. The van der Waals surface area contributed by atoms with Crippen molar-refractivity contribution < 1.29 is 9.47 Å². The van der Waals surface area contributed by atoms with Gasteiger partial charge in [-0.05, 0) is 45.7 Å². The van der Waals surface area contributed by atoms with Crippen molar-refractivity contribution in [2.75, 3.05) is 31.2 Å². The third-order valence-corrected chi connectivity index (χ3v) is 3.54. The van der Waals surface area contributed by atoms with Crippen molar-refractivity contribution >= 4 is 5.69 Å². The van der Waals surface area contributed by atoms with Crippen LogP contribution in [0.4, 0.5) is 5.69 Å². The molecule has 1 aromatic rings. The van der Waals surface area contributed by atoms with Gasteiger partial charge in [0.15, 0.2) is 0 Å². The normalized spacial score (nSPS) is 19.6. The number of benzene rings is 1. The molecule has 1 aliphatic heterocycles. The Hall–Kier alpha value is -1.26. The summed E-state index contributed by atoms with van der Waals surface area (Å²) in [6, 6.07) is 8.45. The van der Waals surface area contributed by atoms with Crippen LogP contribution in [0.5, 0.6) is 5.75 Å². The Kier molecular flexibility index (Phi) is 5.48. The molecule has 1 fully saturated rings. The quantitative estimate of drug-likeness (QED) is 0.848. The molecule has 0 spiro atoms. The molecule has 1 aromatic carbocycles. The van der Waals surface area contributed by atoms with E-state index in [1.165, 1.54) is 0 Å². The van der Waals surface area contributed by atoms with Gasteiger partial charge < -0.3 is 20.1 Å². The van der Waals surface area contributed by atoms with Crippen LogP contribution in [-0.2, 0) is 4.74 Å². The van der Waals surface area contributed by atoms with E-state index in [0.717, 1.165) is 37.4 Å². The molecular formula is C17H28N2O2. The highest BCUT2D eigenvalue weighted by Gasteiger charge is 2.19. The molecule has 0 aromatic heterocycles. The monoisotopic (exact) mass is 292 g/mol. The molecule has 0 saturated carbocycles. The topological polar surface area (TPSA) is 47.7 Å². The molecule has 1 atom stereocenters. The van der Waals surface area contributed by atoms with E-state index >= 15 is 0 Å². The first kappa shape index (κ1) is 16.1. The summed E-state index contributed by atoms with van der Waals surface area (Å²) in [7, 11) is 0. The molecule has 2 N–H and O–H groups in total. The third kappa shape index (κ3) is 5.21. The minimum absolute atomic E-state index is 0.123. The lowest BCUT2D eigenvalue weighted by molar-refractivity contribution is -0.0162. The molecule has 1 aliphatic rings. The lowest BCUT2D eigenvalue weighted by atomic mass is 10.1. The van der Waals surface area contributed by atoms with Crippen molar-refractivity contribution in [1.82, 2.24) is 0 Å². The van der Waals surface area contributed by atoms with Gasteiger partial charge in [0.05, 0.1) is 17.9 Å². The second-order valence-electron chi connectivity index (χ2n) is 6.63. The molecule has 118 valence electrons. The van der Waals surface area contributed by atoms with Crippen molar-refractivity contribution in [3.05, 3.63) is 24.3 Å². The lowest BCUT2D eigenvalue weighted by Crippen LogP contribution is -2.43. The number of rotatable bonds is 5. The molecule has 1 unspecified atom stereocenters. The summed E-state index contributed by atoms with van der Waals surface area (Å²) in [5, 5.41) is 0. The van der Waals surface area contributed by atoms with Gasteiger partial charge in [0.1, 0.15) is 12.4 Å². The second kappa shape index (κ2) is 7.14. The van der Waals surface area contributed by atoms with E-state index in [1.54, 1.807) is 0 Å². The van der Waals surface area contributed by atoms with Gasteiger partial charge in [0, 0.05) is 19.1 Å².